The van der Waals surface area contributed by atoms with Crippen LogP contribution in [-0.2, 0) is 6.54 Å². The molecule has 5 aromatic rings. The van der Waals surface area contributed by atoms with E-state index >= 15 is 0 Å². The van der Waals surface area contributed by atoms with Crippen LogP contribution in [0, 0.1) is 6.92 Å². The first kappa shape index (κ1) is 29.2. The molecule has 4 heteroatoms. The van der Waals surface area contributed by atoms with Gasteiger partial charge in [-0.05, 0) is 58.6 Å². The van der Waals surface area contributed by atoms with Gasteiger partial charge >= 0.3 is 0 Å². The number of hydrogen-bond donors (Lipinski definition) is 0. The SMILES string of the molecule is Cc1cccc(C(C)C)c1N=C(Cn1nc(C=Nc2c(C(C)C)cccc2C(C)C)c2ccccc21)c1ccccc1. The first-order valence-electron chi connectivity index (χ1n) is 15.1. The monoisotopic (exact) mass is 554 g/mol. The molecular formula is C38H42N4. The van der Waals surface area contributed by atoms with Gasteiger partial charge in [0.05, 0.1) is 35.4 Å². The summed E-state index contributed by atoms with van der Waals surface area (Å²) in [6.07, 6.45) is 1.95. The van der Waals surface area contributed by atoms with Crippen molar-refractivity contribution < 1.29 is 0 Å². The van der Waals surface area contributed by atoms with E-state index in [1.807, 2.05) is 12.3 Å². The van der Waals surface area contributed by atoms with Crippen LogP contribution in [0.3, 0.4) is 0 Å². The van der Waals surface area contributed by atoms with Crippen LogP contribution in [0.1, 0.15) is 92.8 Å². The van der Waals surface area contributed by atoms with E-state index in [1.54, 1.807) is 0 Å². The molecule has 214 valence electrons. The molecule has 1 aromatic heterocycles. The standard InChI is InChI=1S/C38H42N4/c1-25(2)30-19-13-15-28(7)37(30)40-35(29-16-9-8-10-17-29)24-42-36-22-12-11-18-33(36)34(41-42)23-39-38-31(26(3)4)20-14-21-32(38)27(5)6/h8-23,25-27H,24H2,1-7H3. The zero-order valence-electron chi connectivity index (χ0n) is 26.0. The van der Waals surface area contributed by atoms with Gasteiger partial charge in [0, 0.05) is 5.39 Å². The summed E-state index contributed by atoms with van der Waals surface area (Å²) in [5.41, 5.74) is 11.1. The molecule has 0 fully saturated rings. The number of fused-ring (bicyclic) bond motifs is 1. The molecule has 1 heterocycles. The number of aryl methyl sites for hydroxylation is 1. The second-order valence-corrected chi connectivity index (χ2v) is 12.0. The van der Waals surface area contributed by atoms with Crippen molar-refractivity contribution in [1.82, 2.24) is 9.78 Å². The second-order valence-electron chi connectivity index (χ2n) is 12.0. The molecule has 4 aromatic carbocycles. The number of para-hydroxylation sites is 3. The van der Waals surface area contributed by atoms with Gasteiger partial charge < -0.3 is 0 Å². The van der Waals surface area contributed by atoms with Gasteiger partial charge in [0.15, 0.2) is 0 Å². The Morgan fingerprint density at radius 3 is 1.90 bits per heavy atom. The third-order valence-corrected chi connectivity index (χ3v) is 7.89. The van der Waals surface area contributed by atoms with Gasteiger partial charge in [-0.25, -0.2) is 0 Å². The maximum atomic E-state index is 5.34. The molecule has 0 atom stereocenters. The van der Waals surface area contributed by atoms with Crippen LogP contribution in [-0.4, -0.2) is 21.7 Å². The number of nitrogens with zero attached hydrogens (tertiary/aromatic N) is 4. The van der Waals surface area contributed by atoms with Crippen molar-refractivity contribution >= 4 is 34.2 Å². The minimum absolute atomic E-state index is 0.374. The van der Waals surface area contributed by atoms with Gasteiger partial charge in [-0.2, -0.15) is 5.10 Å². The van der Waals surface area contributed by atoms with Crippen LogP contribution >= 0.6 is 0 Å². The molecule has 0 aliphatic heterocycles. The molecule has 42 heavy (non-hydrogen) atoms. The average Bonchev–Trinajstić information content (AvgIpc) is 3.33. The maximum Gasteiger partial charge on any atom is 0.111 e. The Morgan fingerprint density at radius 2 is 1.26 bits per heavy atom. The number of aliphatic imine (C=N–C) groups is 2. The normalized spacial score (nSPS) is 12.5. The minimum Gasteiger partial charge on any atom is -0.258 e. The number of rotatable bonds is 9. The Balaban J connectivity index is 1.63. The Bertz CT molecular complexity index is 1710. The zero-order chi connectivity index (χ0) is 29.8. The smallest absolute Gasteiger partial charge is 0.111 e. The van der Waals surface area contributed by atoms with Gasteiger partial charge in [0.25, 0.3) is 0 Å². The van der Waals surface area contributed by atoms with E-state index in [9.17, 15) is 0 Å². The predicted octanol–water partition coefficient (Wildman–Crippen LogP) is 10.3. The lowest BCUT2D eigenvalue weighted by Gasteiger charge is -2.16. The van der Waals surface area contributed by atoms with Gasteiger partial charge in [-0.1, -0.05) is 126 Å². The van der Waals surface area contributed by atoms with Crippen molar-refractivity contribution in [2.75, 3.05) is 0 Å². The summed E-state index contributed by atoms with van der Waals surface area (Å²) in [4.78, 5) is 10.4. The molecule has 0 radical (unpaired) electrons. The van der Waals surface area contributed by atoms with Crippen LogP contribution in [0.4, 0.5) is 11.4 Å². The van der Waals surface area contributed by atoms with E-state index in [1.165, 1.54) is 22.3 Å². The van der Waals surface area contributed by atoms with Crippen molar-refractivity contribution in [3.63, 3.8) is 0 Å². The predicted molar refractivity (Wildman–Crippen MR) is 180 cm³/mol. The van der Waals surface area contributed by atoms with Crippen LogP contribution < -0.4 is 0 Å². The summed E-state index contributed by atoms with van der Waals surface area (Å²) >= 11 is 0. The van der Waals surface area contributed by atoms with E-state index in [2.05, 4.69) is 138 Å². The van der Waals surface area contributed by atoms with Crippen LogP contribution in [0.2, 0.25) is 0 Å². The van der Waals surface area contributed by atoms with E-state index in [0.29, 0.717) is 24.3 Å². The van der Waals surface area contributed by atoms with Crippen molar-refractivity contribution in [3.8, 4) is 0 Å². The summed E-state index contributed by atoms with van der Waals surface area (Å²) in [6, 6.07) is 31.9. The van der Waals surface area contributed by atoms with Gasteiger partial charge in [-0.3, -0.25) is 14.7 Å². The summed E-state index contributed by atoms with van der Waals surface area (Å²) in [6.45, 7) is 16.1. The fourth-order valence-corrected chi connectivity index (χ4v) is 5.55. The van der Waals surface area contributed by atoms with Gasteiger partial charge in [-0.15, -0.1) is 0 Å². The second kappa shape index (κ2) is 12.7. The van der Waals surface area contributed by atoms with Gasteiger partial charge in [0.2, 0.25) is 0 Å². The molecule has 0 spiro atoms. The number of hydrogen-bond acceptors (Lipinski definition) is 3. The molecule has 5 rings (SSSR count). The van der Waals surface area contributed by atoms with Crippen molar-refractivity contribution in [3.05, 3.63) is 125 Å². The molecule has 0 saturated carbocycles. The summed E-state index contributed by atoms with van der Waals surface area (Å²) in [7, 11) is 0. The number of benzene rings is 4. The Morgan fingerprint density at radius 1 is 0.690 bits per heavy atom. The lowest BCUT2D eigenvalue weighted by atomic mass is 9.93. The maximum absolute atomic E-state index is 5.34. The van der Waals surface area contributed by atoms with Gasteiger partial charge in [0.1, 0.15) is 5.69 Å². The molecular weight excluding hydrogens is 512 g/mol. The zero-order valence-corrected chi connectivity index (χ0v) is 26.0. The highest BCUT2D eigenvalue weighted by Gasteiger charge is 2.16. The van der Waals surface area contributed by atoms with Crippen molar-refractivity contribution in [2.45, 2.75) is 72.8 Å². The van der Waals surface area contributed by atoms with E-state index in [0.717, 1.165) is 39.2 Å². The van der Waals surface area contributed by atoms with E-state index < -0.39 is 0 Å². The highest BCUT2D eigenvalue weighted by atomic mass is 15.3. The Labute approximate surface area is 250 Å². The molecule has 0 aliphatic rings. The average molecular weight is 555 g/mol. The molecule has 0 unspecified atom stereocenters. The Hall–Kier alpha value is -4.31. The van der Waals surface area contributed by atoms with Crippen molar-refractivity contribution in [1.29, 1.82) is 0 Å². The molecule has 4 nitrogen and oxygen atoms in total. The fourth-order valence-electron chi connectivity index (χ4n) is 5.55. The highest BCUT2D eigenvalue weighted by molar-refractivity contribution is 6.04. The third-order valence-electron chi connectivity index (χ3n) is 7.89. The first-order valence-corrected chi connectivity index (χ1v) is 15.1. The summed E-state index contributed by atoms with van der Waals surface area (Å²) in [5, 5.41) is 6.21. The summed E-state index contributed by atoms with van der Waals surface area (Å²) in [5.74, 6) is 1.14. The van der Waals surface area contributed by atoms with Crippen molar-refractivity contribution in [2.24, 2.45) is 9.98 Å². The largest absolute Gasteiger partial charge is 0.258 e. The first-order chi connectivity index (χ1) is 20.2. The third kappa shape index (κ3) is 6.13. The van der Waals surface area contributed by atoms with E-state index in [4.69, 9.17) is 15.1 Å². The molecule has 0 amide bonds. The molecule has 0 bridgehead atoms. The molecule has 0 N–H and O–H groups in total. The summed E-state index contributed by atoms with van der Waals surface area (Å²) < 4.78 is 2.08. The molecule has 0 saturated heterocycles. The fraction of sp³-hybridized carbons (Fsp3) is 0.289. The quantitative estimate of drug-likeness (QED) is 0.167. The van der Waals surface area contributed by atoms with Crippen LogP contribution in [0.25, 0.3) is 10.9 Å². The highest BCUT2D eigenvalue weighted by Crippen LogP contribution is 2.35. The lowest BCUT2D eigenvalue weighted by Crippen LogP contribution is -2.13. The van der Waals surface area contributed by atoms with E-state index in [-0.39, 0.29) is 0 Å². The number of aromatic nitrogens is 2. The van der Waals surface area contributed by atoms with Crippen LogP contribution in [0.5, 0.6) is 0 Å². The lowest BCUT2D eigenvalue weighted by molar-refractivity contribution is 0.749. The Kier molecular flexibility index (Phi) is 8.82. The van der Waals surface area contributed by atoms with Crippen LogP contribution in [0.15, 0.2) is 101 Å². The molecule has 0 aliphatic carbocycles. The topological polar surface area (TPSA) is 42.5 Å². The minimum atomic E-state index is 0.374.